The number of benzene rings is 1. The monoisotopic (exact) mass is 425 g/mol. The first-order chi connectivity index (χ1) is 13.7. The Bertz CT molecular complexity index is 801. The molecule has 1 aromatic rings. The minimum absolute atomic E-state index is 0.0665. The molecule has 2 atom stereocenters. The third kappa shape index (κ3) is 6.30. The Balaban J connectivity index is 1.58. The molecular formula is C19H31N5O4S. The molecule has 2 saturated heterocycles. The molecule has 3 N–H and O–H groups in total. The van der Waals surface area contributed by atoms with Gasteiger partial charge in [0.2, 0.25) is 10.0 Å². The average molecular weight is 426 g/mol. The van der Waals surface area contributed by atoms with Gasteiger partial charge < -0.3 is 19.9 Å². The standard InChI is InChI=1S/C19H31N5O4S/c1-15-13-24(14-16(2)28-15)18-6-4-3-5-17(18)21-19(25)23-9-7-22(8-10-23)11-12-29(20,26)27/h3-6,15-16H,7-14H2,1-2H3,(H,21,25)(H2,20,26,27)/t15-,16+. The van der Waals surface area contributed by atoms with E-state index < -0.39 is 10.0 Å². The largest absolute Gasteiger partial charge is 0.372 e. The number of amides is 2. The summed E-state index contributed by atoms with van der Waals surface area (Å²) in [6.45, 7) is 8.41. The normalized spacial score (nSPS) is 23.8. The summed E-state index contributed by atoms with van der Waals surface area (Å²) in [5, 5.41) is 8.11. The summed E-state index contributed by atoms with van der Waals surface area (Å²) in [6.07, 6.45) is 0.265. The Kier molecular flexibility index (Phi) is 6.99. The number of nitrogens with zero attached hydrogens (tertiary/aromatic N) is 3. The molecule has 0 spiro atoms. The molecule has 0 saturated carbocycles. The number of morpholine rings is 1. The highest BCUT2D eigenvalue weighted by Crippen LogP contribution is 2.28. The summed E-state index contributed by atoms with van der Waals surface area (Å²) in [6, 6.07) is 7.68. The molecule has 0 radical (unpaired) electrons. The number of piperazine rings is 1. The average Bonchev–Trinajstić information content (AvgIpc) is 2.66. The number of primary sulfonamides is 1. The second-order valence-corrected chi connectivity index (χ2v) is 9.54. The summed E-state index contributed by atoms with van der Waals surface area (Å²) >= 11 is 0. The first-order valence-electron chi connectivity index (χ1n) is 9.99. The molecule has 162 valence electrons. The van der Waals surface area contributed by atoms with Crippen LogP contribution in [0.15, 0.2) is 24.3 Å². The Morgan fingerprint density at radius 1 is 1.14 bits per heavy atom. The van der Waals surface area contributed by atoms with Gasteiger partial charge >= 0.3 is 6.03 Å². The van der Waals surface area contributed by atoms with Crippen LogP contribution in [0.3, 0.4) is 0 Å². The van der Waals surface area contributed by atoms with Crippen molar-refractivity contribution in [1.29, 1.82) is 0 Å². The van der Waals surface area contributed by atoms with Gasteiger partial charge in [-0.15, -0.1) is 0 Å². The number of urea groups is 1. The second kappa shape index (κ2) is 9.29. The molecule has 9 nitrogen and oxygen atoms in total. The lowest BCUT2D eigenvalue weighted by atomic mass is 10.1. The summed E-state index contributed by atoms with van der Waals surface area (Å²) in [5.41, 5.74) is 1.78. The van der Waals surface area contributed by atoms with Crippen LogP contribution in [0.5, 0.6) is 0 Å². The highest BCUT2D eigenvalue weighted by Gasteiger charge is 2.26. The van der Waals surface area contributed by atoms with Crippen molar-refractivity contribution in [2.24, 2.45) is 5.14 Å². The molecule has 1 aromatic carbocycles. The van der Waals surface area contributed by atoms with Gasteiger partial charge in [0.1, 0.15) is 0 Å². The lowest BCUT2D eigenvalue weighted by molar-refractivity contribution is -0.00517. The minimum atomic E-state index is -3.47. The van der Waals surface area contributed by atoms with Gasteiger partial charge in [-0.05, 0) is 26.0 Å². The molecule has 2 heterocycles. The van der Waals surface area contributed by atoms with Gasteiger partial charge in [-0.2, -0.15) is 0 Å². The highest BCUT2D eigenvalue weighted by atomic mass is 32.2. The maximum Gasteiger partial charge on any atom is 0.321 e. The van der Waals surface area contributed by atoms with Crippen molar-refractivity contribution in [3.05, 3.63) is 24.3 Å². The Hall–Kier alpha value is -1.88. The third-order valence-electron chi connectivity index (χ3n) is 5.26. The SMILES string of the molecule is C[C@@H]1CN(c2ccccc2NC(=O)N2CCN(CCS(N)(=O)=O)CC2)C[C@H](C)O1. The molecule has 0 aliphatic carbocycles. The number of sulfonamides is 1. The van der Waals surface area contributed by atoms with Crippen LogP contribution in [0.25, 0.3) is 0 Å². The zero-order valence-electron chi connectivity index (χ0n) is 17.1. The van der Waals surface area contributed by atoms with Crippen molar-refractivity contribution in [2.45, 2.75) is 26.1 Å². The number of ether oxygens (including phenoxy) is 1. The van der Waals surface area contributed by atoms with Crippen LogP contribution in [0.1, 0.15) is 13.8 Å². The predicted octanol–water partition coefficient (Wildman–Crippen LogP) is 0.738. The lowest BCUT2D eigenvalue weighted by Crippen LogP contribution is -2.51. The number of hydrogen-bond donors (Lipinski definition) is 2. The fraction of sp³-hybridized carbons (Fsp3) is 0.632. The van der Waals surface area contributed by atoms with Gasteiger partial charge in [0.25, 0.3) is 0 Å². The molecular weight excluding hydrogens is 394 g/mol. The van der Waals surface area contributed by atoms with E-state index in [4.69, 9.17) is 9.88 Å². The van der Waals surface area contributed by atoms with Crippen molar-refractivity contribution >= 4 is 27.4 Å². The number of rotatable bonds is 5. The van der Waals surface area contributed by atoms with Gasteiger partial charge in [0, 0.05) is 45.8 Å². The fourth-order valence-electron chi connectivity index (χ4n) is 3.85. The highest BCUT2D eigenvalue weighted by molar-refractivity contribution is 7.89. The van der Waals surface area contributed by atoms with E-state index in [2.05, 4.69) is 24.1 Å². The van der Waals surface area contributed by atoms with Crippen molar-refractivity contribution in [2.75, 3.05) is 61.8 Å². The smallest absolute Gasteiger partial charge is 0.321 e. The van der Waals surface area contributed by atoms with Gasteiger partial charge in [-0.3, -0.25) is 4.90 Å². The fourth-order valence-corrected chi connectivity index (χ4v) is 4.37. The molecule has 2 amide bonds. The van der Waals surface area contributed by atoms with Crippen molar-refractivity contribution in [1.82, 2.24) is 9.80 Å². The molecule has 10 heteroatoms. The summed E-state index contributed by atoms with van der Waals surface area (Å²) < 4.78 is 28.1. The zero-order chi connectivity index (χ0) is 21.0. The van der Waals surface area contributed by atoms with E-state index in [0.717, 1.165) is 24.5 Å². The first-order valence-corrected chi connectivity index (χ1v) is 11.7. The van der Waals surface area contributed by atoms with E-state index in [-0.39, 0.29) is 24.0 Å². The number of nitrogens with two attached hydrogens (primary N) is 1. The van der Waals surface area contributed by atoms with Crippen molar-refractivity contribution < 1.29 is 17.9 Å². The van der Waals surface area contributed by atoms with Gasteiger partial charge in [0.15, 0.2) is 0 Å². The Labute approximate surface area is 172 Å². The van der Waals surface area contributed by atoms with Crippen LogP contribution in [0.2, 0.25) is 0 Å². The van der Waals surface area contributed by atoms with Crippen LogP contribution < -0.4 is 15.4 Å². The van der Waals surface area contributed by atoms with E-state index in [0.29, 0.717) is 32.7 Å². The molecule has 2 aliphatic rings. The summed E-state index contributed by atoms with van der Waals surface area (Å²) in [7, 11) is -3.47. The molecule has 2 aliphatic heterocycles. The number of para-hydroxylation sites is 2. The molecule has 29 heavy (non-hydrogen) atoms. The number of carbonyl (C=O) groups is 1. The number of carbonyl (C=O) groups excluding carboxylic acids is 1. The molecule has 3 rings (SSSR count). The lowest BCUT2D eigenvalue weighted by Gasteiger charge is -2.38. The van der Waals surface area contributed by atoms with E-state index >= 15 is 0 Å². The number of nitrogens with one attached hydrogen (secondary N) is 1. The van der Waals surface area contributed by atoms with Crippen molar-refractivity contribution in [3.63, 3.8) is 0 Å². The summed E-state index contributed by atoms with van der Waals surface area (Å²) in [5.74, 6) is -0.0665. The third-order valence-corrected chi connectivity index (χ3v) is 6.01. The van der Waals surface area contributed by atoms with Crippen LogP contribution >= 0.6 is 0 Å². The topological polar surface area (TPSA) is 108 Å². The predicted molar refractivity (Wildman–Crippen MR) is 114 cm³/mol. The molecule has 0 unspecified atom stereocenters. The maximum absolute atomic E-state index is 12.8. The Morgan fingerprint density at radius 2 is 1.76 bits per heavy atom. The maximum atomic E-state index is 12.8. The van der Waals surface area contributed by atoms with Crippen molar-refractivity contribution in [3.8, 4) is 0 Å². The molecule has 2 fully saturated rings. The zero-order valence-corrected chi connectivity index (χ0v) is 17.9. The van der Waals surface area contributed by atoms with Gasteiger partial charge in [-0.25, -0.2) is 18.4 Å². The number of hydrogen-bond acceptors (Lipinski definition) is 6. The summed E-state index contributed by atoms with van der Waals surface area (Å²) in [4.78, 5) is 18.8. The number of anilines is 2. The van der Waals surface area contributed by atoms with E-state index in [1.54, 1.807) is 4.90 Å². The second-order valence-electron chi connectivity index (χ2n) is 7.81. The molecule has 0 aromatic heterocycles. The van der Waals surface area contributed by atoms with Crippen LogP contribution in [0, 0.1) is 0 Å². The van der Waals surface area contributed by atoms with Gasteiger partial charge in [-0.1, -0.05) is 12.1 Å². The van der Waals surface area contributed by atoms with Crippen LogP contribution in [0.4, 0.5) is 16.2 Å². The minimum Gasteiger partial charge on any atom is -0.372 e. The Morgan fingerprint density at radius 3 is 2.38 bits per heavy atom. The first kappa shape index (κ1) is 21.8. The quantitative estimate of drug-likeness (QED) is 0.720. The van der Waals surface area contributed by atoms with Crippen LogP contribution in [-0.2, 0) is 14.8 Å². The van der Waals surface area contributed by atoms with Crippen LogP contribution in [-0.4, -0.2) is 88.0 Å². The van der Waals surface area contributed by atoms with E-state index in [1.165, 1.54) is 0 Å². The van der Waals surface area contributed by atoms with E-state index in [9.17, 15) is 13.2 Å². The van der Waals surface area contributed by atoms with E-state index in [1.807, 2.05) is 29.2 Å². The molecule has 0 bridgehead atoms. The van der Waals surface area contributed by atoms with Gasteiger partial charge in [0.05, 0.1) is 29.3 Å².